The molecule has 1 amide bonds. The van der Waals surface area contributed by atoms with E-state index in [4.69, 9.17) is 4.74 Å². The van der Waals surface area contributed by atoms with Crippen molar-refractivity contribution in [2.45, 2.75) is 12.8 Å². The number of ether oxygens (including phenoxy) is 1. The van der Waals surface area contributed by atoms with E-state index >= 15 is 0 Å². The van der Waals surface area contributed by atoms with Gasteiger partial charge in [-0.3, -0.25) is 9.59 Å². The number of allylic oxidation sites excluding steroid dienone is 1. The normalized spacial score (nSPS) is 13.9. The Morgan fingerprint density at radius 1 is 1.11 bits per heavy atom. The topological polar surface area (TPSA) is 46.6 Å². The number of carbonyl (C=O) groups is 2. The second-order valence-corrected chi connectivity index (χ2v) is 7.18. The molecule has 0 N–H and O–H groups in total. The Morgan fingerprint density at radius 2 is 1.81 bits per heavy atom. The van der Waals surface area contributed by atoms with E-state index in [0.717, 1.165) is 30.4 Å². The summed E-state index contributed by atoms with van der Waals surface area (Å²) < 4.78 is 19.9. The highest BCUT2D eigenvalue weighted by atomic mass is 79.9. The number of halogens is 2. The molecular formula is C21H19BrFNO3. The maximum absolute atomic E-state index is 13.7. The molecule has 3 rings (SSSR count). The van der Waals surface area contributed by atoms with E-state index in [2.05, 4.69) is 15.9 Å². The van der Waals surface area contributed by atoms with E-state index in [-0.39, 0.29) is 18.3 Å². The molecule has 2 aromatic rings. The van der Waals surface area contributed by atoms with Crippen LogP contribution in [0.2, 0.25) is 0 Å². The van der Waals surface area contributed by atoms with Gasteiger partial charge in [0.2, 0.25) is 0 Å². The molecule has 1 fully saturated rings. The Morgan fingerprint density at radius 3 is 2.52 bits per heavy atom. The molecular weight excluding hydrogens is 413 g/mol. The molecule has 0 bridgehead atoms. The van der Waals surface area contributed by atoms with E-state index in [9.17, 15) is 14.0 Å². The largest absolute Gasteiger partial charge is 0.484 e. The van der Waals surface area contributed by atoms with E-state index in [0.29, 0.717) is 16.9 Å². The molecule has 1 heterocycles. The first-order valence-electron chi connectivity index (χ1n) is 8.71. The summed E-state index contributed by atoms with van der Waals surface area (Å²) >= 11 is 3.28. The summed E-state index contributed by atoms with van der Waals surface area (Å²) in [6.45, 7) is 1.58. The minimum absolute atomic E-state index is 0.00461. The third-order valence-corrected chi connectivity index (χ3v) is 4.83. The number of hydrogen-bond donors (Lipinski definition) is 0. The lowest BCUT2D eigenvalue weighted by Gasteiger charge is -2.15. The van der Waals surface area contributed by atoms with Crippen LogP contribution in [0, 0.1) is 5.82 Å². The molecule has 27 heavy (non-hydrogen) atoms. The summed E-state index contributed by atoms with van der Waals surface area (Å²) in [5, 5.41) is 0. The SMILES string of the molecule is O=C(C=Cc1cc(Br)ccc1F)c1ccc(OCC(=O)N2CCCC2)cc1. The first-order valence-corrected chi connectivity index (χ1v) is 9.50. The van der Waals surface area contributed by atoms with Gasteiger partial charge in [0.05, 0.1) is 0 Å². The molecule has 0 aromatic heterocycles. The molecule has 4 nitrogen and oxygen atoms in total. The fraction of sp³-hybridized carbons (Fsp3) is 0.238. The highest BCUT2D eigenvalue weighted by molar-refractivity contribution is 9.10. The Balaban J connectivity index is 1.57. The third kappa shape index (κ3) is 5.26. The summed E-state index contributed by atoms with van der Waals surface area (Å²) in [5.41, 5.74) is 0.790. The number of likely N-dealkylation sites (tertiary alicyclic amines) is 1. The smallest absolute Gasteiger partial charge is 0.260 e. The van der Waals surface area contributed by atoms with Crippen molar-refractivity contribution in [2.75, 3.05) is 19.7 Å². The standard InChI is InChI=1S/C21H19BrFNO3/c22-17-6-9-19(23)16(13-17)5-10-20(25)15-3-7-18(8-4-15)27-14-21(26)24-11-1-2-12-24/h3-10,13H,1-2,11-12,14H2. The quantitative estimate of drug-likeness (QED) is 0.500. The predicted molar refractivity (Wildman–Crippen MR) is 105 cm³/mol. The minimum atomic E-state index is -0.395. The second-order valence-electron chi connectivity index (χ2n) is 6.26. The molecule has 0 radical (unpaired) electrons. The summed E-state index contributed by atoms with van der Waals surface area (Å²) in [6, 6.07) is 11.1. The molecule has 1 aliphatic heterocycles. The average Bonchev–Trinajstić information content (AvgIpc) is 3.22. The molecule has 0 saturated carbocycles. The maximum Gasteiger partial charge on any atom is 0.260 e. The third-order valence-electron chi connectivity index (χ3n) is 4.33. The fourth-order valence-electron chi connectivity index (χ4n) is 2.82. The van der Waals surface area contributed by atoms with Gasteiger partial charge in [0.15, 0.2) is 12.4 Å². The van der Waals surface area contributed by atoms with Crippen LogP contribution in [0.4, 0.5) is 4.39 Å². The number of nitrogens with zero attached hydrogens (tertiary/aromatic N) is 1. The van der Waals surface area contributed by atoms with Gasteiger partial charge in [0, 0.05) is 28.7 Å². The van der Waals surface area contributed by atoms with Crippen molar-refractivity contribution in [2.24, 2.45) is 0 Å². The summed E-state index contributed by atoms with van der Waals surface area (Å²) in [5.74, 6) is -0.129. The van der Waals surface area contributed by atoms with Crippen molar-refractivity contribution in [3.8, 4) is 5.75 Å². The van der Waals surface area contributed by atoms with E-state index in [1.54, 1.807) is 41.3 Å². The Labute approximate surface area is 165 Å². The van der Waals surface area contributed by atoms with Gasteiger partial charge >= 0.3 is 0 Å². The van der Waals surface area contributed by atoms with Crippen LogP contribution in [-0.4, -0.2) is 36.3 Å². The highest BCUT2D eigenvalue weighted by Gasteiger charge is 2.18. The van der Waals surface area contributed by atoms with Gasteiger partial charge in [-0.05, 0) is 67.5 Å². The number of benzene rings is 2. The molecule has 0 spiro atoms. The zero-order valence-electron chi connectivity index (χ0n) is 14.7. The van der Waals surface area contributed by atoms with Gasteiger partial charge in [0.25, 0.3) is 5.91 Å². The number of amides is 1. The maximum atomic E-state index is 13.7. The molecule has 1 saturated heterocycles. The van der Waals surface area contributed by atoms with E-state index < -0.39 is 5.82 Å². The molecule has 0 unspecified atom stereocenters. The highest BCUT2D eigenvalue weighted by Crippen LogP contribution is 2.18. The van der Waals surface area contributed by atoms with Crippen LogP contribution in [0.3, 0.4) is 0 Å². The van der Waals surface area contributed by atoms with Crippen LogP contribution in [0.1, 0.15) is 28.8 Å². The number of ketones is 1. The zero-order valence-corrected chi connectivity index (χ0v) is 16.2. The van der Waals surface area contributed by atoms with Gasteiger partial charge in [-0.1, -0.05) is 15.9 Å². The van der Waals surface area contributed by atoms with E-state index in [1.807, 2.05) is 0 Å². The average molecular weight is 432 g/mol. The van der Waals surface area contributed by atoms with Crippen LogP contribution in [-0.2, 0) is 4.79 Å². The van der Waals surface area contributed by atoms with Crippen molar-refractivity contribution < 1.29 is 18.7 Å². The molecule has 6 heteroatoms. The van der Waals surface area contributed by atoms with Crippen LogP contribution in [0.15, 0.2) is 53.0 Å². The number of hydrogen-bond acceptors (Lipinski definition) is 3. The summed E-state index contributed by atoms with van der Waals surface area (Å²) in [4.78, 5) is 26.0. The lowest BCUT2D eigenvalue weighted by atomic mass is 10.1. The lowest BCUT2D eigenvalue weighted by Crippen LogP contribution is -2.32. The Hall–Kier alpha value is -2.47. The zero-order chi connectivity index (χ0) is 19.2. The van der Waals surface area contributed by atoms with Crippen LogP contribution >= 0.6 is 15.9 Å². The van der Waals surface area contributed by atoms with Gasteiger partial charge in [-0.25, -0.2) is 4.39 Å². The predicted octanol–water partition coefficient (Wildman–Crippen LogP) is 4.49. The first kappa shape index (κ1) is 19.3. The van der Waals surface area contributed by atoms with Gasteiger partial charge < -0.3 is 9.64 Å². The van der Waals surface area contributed by atoms with Crippen molar-refractivity contribution in [1.29, 1.82) is 0 Å². The van der Waals surface area contributed by atoms with Gasteiger partial charge in [0.1, 0.15) is 11.6 Å². The van der Waals surface area contributed by atoms with E-state index in [1.165, 1.54) is 18.2 Å². The van der Waals surface area contributed by atoms with Crippen molar-refractivity contribution in [1.82, 2.24) is 4.90 Å². The van der Waals surface area contributed by atoms with Gasteiger partial charge in [-0.15, -0.1) is 0 Å². The van der Waals surface area contributed by atoms with Crippen molar-refractivity contribution in [3.05, 3.63) is 70.0 Å². The monoisotopic (exact) mass is 431 g/mol. The van der Waals surface area contributed by atoms with Crippen molar-refractivity contribution in [3.63, 3.8) is 0 Å². The number of carbonyl (C=O) groups excluding carboxylic acids is 2. The second kappa shape index (κ2) is 8.95. The molecule has 1 aliphatic rings. The minimum Gasteiger partial charge on any atom is -0.484 e. The molecule has 2 aromatic carbocycles. The fourth-order valence-corrected chi connectivity index (χ4v) is 3.20. The summed E-state index contributed by atoms with van der Waals surface area (Å²) in [7, 11) is 0. The van der Waals surface area contributed by atoms with Crippen molar-refractivity contribution >= 4 is 33.7 Å². The Bertz CT molecular complexity index is 858. The van der Waals surface area contributed by atoms with Crippen LogP contribution in [0.25, 0.3) is 6.08 Å². The molecule has 140 valence electrons. The van der Waals surface area contributed by atoms with Crippen LogP contribution < -0.4 is 4.74 Å². The van der Waals surface area contributed by atoms with Gasteiger partial charge in [-0.2, -0.15) is 0 Å². The number of rotatable bonds is 6. The van der Waals surface area contributed by atoms with Crippen LogP contribution in [0.5, 0.6) is 5.75 Å². The Kier molecular flexibility index (Phi) is 6.40. The molecule has 0 aliphatic carbocycles. The molecule has 0 atom stereocenters. The summed E-state index contributed by atoms with van der Waals surface area (Å²) in [6.07, 6.45) is 4.86. The first-order chi connectivity index (χ1) is 13.0. The lowest BCUT2D eigenvalue weighted by molar-refractivity contribution is -0.132.